The largest absolute Gasteiger partial charge is 0.381 e. The number of benzene rings is 1. The molecule has 7 nitrogen and oxygen atoms in total. The van der Waals surface area contributed by atoms with Gasteiger partial charge in [-0.15, -0.1) is 5.10 Å². The molecule has 0 saturated carbocycles. The van der Waals surface area contributed by atoms with Gasteiger partial charge in [0.1, 0.15) is 0 Å². The number of nitrogens with zero attached hydrogens (tertiary/aromatic N) is 4. The molecule has 1 heterocycles. The third-order valence-corrected chi connectivity index (χ3v) is 2.61. The third kappa shape index (κ3) is 1.80. The van der Waals surface area contributed by atoms with E-state index >= 15 is 0 Å². The van der Waals surface area contributed by atoms with Crippen LogP contribution in [0.25, 0.3) is 5.69 Å². The molecule has 1 aromatic heterocycles. The molecule has 8 heteroatoms. The van der Waals surface area contributed by atoms with Crippen molar-refractivity contribution >= 4 is 23.1 Å². The van der Waals surface area contributed by atoms with E-state index in [1.807, 2.05) is 0 Å². The van der Waals surface area contributed by atoms with Crippen molar-refractivity contribution < 1.29 is 4.92 Å². The zero-order valence-corrected chi connectivity index (χ0v) is 9.55. The van der Waals surface area contributed by atoms with Gasteiger partial charge < -0.3 is 5.73 Å². The highest BCUT2D eigenvalue weighted by molar-refractivity contribution is 6.32. The smallest absolute Gasteiger partial charge is 0.296 e. The second-order valence-corrected chi connectivity index (χ2v) is 3.74. The van der Waals surface area contributed by atoms with Crippen LogP contribution in [-0.4, -0.2) is 19.9 Å². The highest BCUT2D eigenvalue weighted by atomic mass is 35.5. The number of nitrogen functional groups attached to an aromatic ring is 1. The Morgan fingerprint density at radius 2 is 2.24 bits per heavy atom. The molecule has 0 fully saturated rings. The molecular formula is C9H8ClN5O2. The predicted octanol–water partition coefficient (Wildman–Crippen LogP) is 1.72. The lowest BCUT2D eigenvalue weighted by Crippen LogP contribution is -2.04. The first-order valence-electron chi connectivity index (χ1n) is 4.63. The van der Waals surface area contributed by atoms with Gasteiger partial charge in [0.05, 0.1) is 15.6 Å². The number of nitro benzene ring substituents is 1. The molecule has 2 N–H and O–H groups in total. The number of anilines is 1. The fraction of sp³-hybridized carbons (Fsp3) is 0.111. The zero-order chi connectivity index (χ0) is 12.6. The average molecular weight is 254 g/mol. The molecule has 0 atom stereocenters. The Morgan fingerprint density at radius 3 is 2.76 bits per heavy atom. The summed E-state index contributed by atoms with van der Waals surface area (Å²) in [5.74, 6) is 0.208. The van der Waals surface area contributed by atoms with E-state index in [2.05, 4.69) is 10.3 Å². The van der Waals surface area contributed by atoms with Crippen molar-refractivity contribution in [1.29, 1.82) is 0 Å². The molecule has 17 heavy (non-hydrogen) atoms. The minimum Gasteiger partial charge on any atom is -0.381 e. The van der Waals surface area contributed by atoms with Crippen LogP contribution in [0.5, 0.6) is 0 Å². The molecule has 0 unspecified atom stereocenters. The maximum atomic E-state index is 10.9. The maximum Gasteiger partial charge on any atom is 0.296 e. The van der Waals surface area contributed by atoms with Crippen LogP contribution in [-0.2, 0) is 0 Å². The number of para-hydroxylation sites is 1. The monoisotopic (exact) mass is 253 g/mol. The number of hydrogen-bond donors (Lipinski definition) is 1. The first kappa shape index (κ1) is 11.3. The van der Waals surface area contributed by atoms with E-state index < -0.39 is 4.92 Å². The van der Waals surface area contributed by atoms with E-state index in [1.54, 1.807) is 13.0 Å². The summed E-state index contributed by atoms with van der Waals surface area (Å²) >= 11 is 5.96. The molecule has 1 aromatic carbocycles. The Morgan fingerprint density at radius 1 is 1.53 bits per heavy atom. The van der Waals surface area contributed by atoms with Gasteiger partial charge in [-0.25, -0.2) is 4.68 Å². The molecule has 2 rings (SSSR count). The highest BCUT2D eigenvalue weighted by Crippen LogP contribution is 2.30. The average Bonchev–Trinajstić information content (AvgIpc) is 2.60. The van der Waals surface area contributed by atoms with E-state index in [1.165, 1.54) is 16.8 Å². The van der Waals surface area contributed by atoms with E-state index in [4.69, 9.17) is 17.3 Å². The van der Waals surface area contributed by atoms with E-state index in [9.17, 15) is 10.1 Å². The molecule has 0 aliphatic carbocycles. The van der Waals surface area contributed by atoms with E-state index in [-0.39, 0.29) is 22.2 Å². The van der Waals surface area contributed by atoms with E-state index in [0.717, 1.165) is 0 Å². The predicted molar refractivity (Wildman–Crippen MR) is 62.2 cm³/mol. The normalized spacial score (nSPS) is 10.5. The lowest BCUT2D eigenvalue weighted by Gasteiger charge is -2.06. The second kappa shape index (κ2) is 4.02. The first-order chi connectivity index (χ1) is 8.02. The number of hydrogen-bond acceptors (Lipinski definition) is 5. The molecule has 0 spiro atoms. The van der Waals surface area contributed by atoms with Crippen molar-refractivity contribution in [2.45, 2.75) is 6.92 Å². The topological polar surface area (TPSA) is 99.9 Å². The standard InChI is InChI=1S/C9H8ClN5O2/c1-5-9(11)12-13-14(5)8-6(10)3-2-4-7(8)15(16)17/h2-4H,11H2,1H3. The Labute approximate surface area is 101 Å². The van der Waals surface area contributed by atoms with Crippen LogP contribution >= 0.6 is 11.6 Å². The van der Waals surface area contributed by atoms with Crippen molar-refractivity contribution in [2.24, 2.45) is 0 Å². The van der Waals surface area contributed by atoms with Gasteiger partial charge in [0.15, 0.2) is 11.5 Å². The fourth-order valence-corrected chi connectivity index (χ4v) is 1.66. The van der Waals surface area contributed by atoms with E-state index in [0.29, 0.717) is 5.69 Å². The van der Waals surface area contributed by atoms with Gasteiger partial charge >= 0.3 is 0 Å². The van der Waals surface area contributed by atoms with Crippen LogP contribution in [0.2, 0.25) is 5.02 Å². The van der Waals surface area contributed by atoms with Gasteiger partial charge in [-0.1, -0.05) is 22.9 Å². The van der Waals surface area contributed by atoms with Crippen LogP contribution in [0.1, 0.15) is 5.69 Å². The minimum absolute atomic E-state index is 0.148. The summed E-state index contributed by atoms with van der Waals surface area (Å²) in [6.45, 7) is 1.66. The molecule has 0 aliphatic rings. The fourth-order valence-electron chi connectivity index (χ4n) is 1.41. The summed E-state index contributed by atoms with van der Waals surface area (Å²) in [5, 5.41) is 18.5. The molecule has 2 aromatic rings. The lowest BCUT2D eigenvalue weighted by atomic mass is 10.2. The summed E-state index contributed by atoms with van der Waals surface area (Å²) in [6, 6.07) is 4.39. The Bertz CT molecular complexity index is 595. The Kier molecular flexibility index (Phi) is 2.68. The van der Waals surface area contributed by atoms with Crippen LogP contribution in [0.3, 0.4) is 0 Å². The van der Waals surface area contributed by atoms with Crippen molar-refractivity contribution in [3.8, 4) is 5.69 Å². The van der Waals surface area contributed by atoms with Crippen LogP contribution < -0.4 is 5.73 Å². The molecule has 0 aliphatic heterocycles. The maximum absolute atomic E-state index is 10.9. The lowest BCUT2D eigenvalue weighted by molar-refractivity contribution is -0.384. The van der Waals surface area contributed by atoms with Crippen LogP contribution in [0.4, 0.5) is 11.5 Å². The summed E-state index contributed by atoms with van der Waals surface area (Å²) in [5.41, 5.74) is 6.07. The Hall–Kier alpha value is -2.15. The van der Waals surface area contributed by atoms with Gasteiger partial charge in [0.2, 0.25) is 0 Å². The molecule has 0 amide bonds. The van der Waals surface area contributed by atoms with Gasteiger partial charge in [-0.3, -0.25) is 10.1 Å². The van der Waals surface area contributed by atoms with Gasteiger partial charge in [0.25, 0.3) is 5.69 Å². The van der Waals surface area contributed by atoms with Crippen molar-refractivity contribution in [3.63, 3.8) is 0 Å². The van der Waals surface area contributed by atoms with Gasteiger partial charge in [-0.05, 0) is 13.0 Å². The molecule has 0 bridgehead atoms. The number of nitro groups is 1. The van der Waals surface area contributed by atoms with Crippen molar-refractivity contribution in [1.82, 2.24) is 15.0 Å². The Balaban J connectivity index is 2.74. The van der Waals surface area contributed by atoms with Crippen molar-refractivity contribution in [3.05, 3.63) is 39.0 Å². The number of halogens is 1. The summed E-state index contributed by atoms with van der Waals surface area (Å²) in [7, 11) is 0. The molecule has 88 valence electrons. The molecule has 0 saturated heterocycles. The SMILES string of the molecule is Cc1c(N)nnn1-c1c(Cl)cccc1[N+](=O)[O-]. The highest BCUT2D eigenvalue weighted by Gasteiger charge is 2.21. The third-order valence-electron chi connectivity index (χ3n) is 2.30. The number of nitrogens with two attached hydrogens (primary N) is 1. The number of aromatic nitrogens is 3. The van der Waals surface area contributed by atoms with Crippen LogP contribution in [0.15, 0.2) is 18.2 Å². The van der Waals surface area contributed by atoms with Crippen LogP contribution in [0, 0.1) is 17.0 Å². The number of rotatable bonds is 2. The quantitative estimate of drug-likeness (QED) is 0.649. The summed E-state index contributed by atoms with van der Waals surface area (Å²) in [6.07, 6.45) is 0. The van der Waals surface area contributed by atoms with Gasteiger partial charge in [0, 0.05) is 6.07 Å². The summed E-state index contributed by atoms with van der Waals surface area (Å²) < 4.78 is 1.26. The zero-order valence-electron chi connectivity index (χ0n) is 8.79. The van der Waals surface area contributed by atoms with Gasteiger partial charge in [-0.2, -0.15) is 0 Å². The molecule has 0 radical (unpaired) electrons. The summed E-state index contributed by atoms with van der Waals surface area (Å²) in [4.78, 5) is 10.4. The second-order valence-electron chi connectivity index (χ2n) is 3.34. The minimum atomic E-state index is -0.529. The first-order valence-corrected chi connectivity index (χ1v) is 5.01. The molecular weight excluding hydrogens is 246 g/mol. The van der Waals surface area contributed by atoms with Crippen molar-refractivity contribution in [2.75, 3.05) is 5.73 Å².